The molecule has 4 aromatic rings. The van der Waals surface area contributed by atoms with Gasteiger partial charge in [-0.15, -0.1) is 0 Å². The predicted molar refractivity (Wildman–Crippen MR) is 218 cm³/mol. The monoisotopic (exact) mass is 796 g/mol. The molecule has 0 N–H and O–H groups in total. The molecule has 0 radical (unpaired) electrons. The van der Waals surface area contributed by atoms with E-state index in [1.165, 1.54) is 30.5 Å². The zero-order chi connectivity index (χ0) is 41.2. The van der Waals surface area contributed by atoms with Gasteiger partial charge in [0.2, 0.25) is 5.24 Å². The molecule has 12 heteroatoms. The van der Waals surface area contributed by atoms with Crippen molar-refractivity contribution < 1.29 is 42.9 Å². The number of benzene rings is 4. The van der Waals surface area contributed by atoms with E-state index in [1.807, 2.05) is 38.1 Å². The van der Waals surface area contributed by atoms with Gasteiger partial charge in [0.15, 0.2) is 0 Å². The van der Waals surface area contributed by atoms with E-state index in [0.29, 0.717) is 79.0 Å². The maximum Gasteiger partial charge on any atom is 0.343 e. The largest absolute Gasteiger partial charge is 0.501 e. The van der Waals surface area contributed by atoms with Crippen LogP contribution >= 0.6 is 11.6 Å². The van der Waals surface area contributed by atoms with Gasteiger partial charge >= 0.3 is 17.9 Å². The predicted octanol–water partition coefficient (Wildman–Crippen LogP) is 10.7. The van der Waals surface area contributed by atoms with E-state index in [1.54, 1.807) is 49.4 Å². The molecule has 0 heterocycles. The molecule has 1 unspecified atom stereocenters. The Kier molecular flexibility index (Phi) is 17.5. The molecule has 57 heavy (non-hydrogen) atoms. The van der Waals surface area contributed by atoms with E-state index >= 15 is 0 Å². The Morgan fingerprint density at radius 1 is 0.702 bits per heavy atom. The second-order valence-electron chi connectivity index (χ2n) is 14.1. The Hall–Kier alpha value is -5.81. The summed E-state index contributed by atoms with van der Waals surface area (Å²) < 4.78 is 27.6. The van der Waals surface area contributed by atoms with Crippen molar-refractivity contribution in [2.45, 2.75) is 60.3 Å². The molecule has 0 saturated heterocycles. The minimum atomic E-state index is -0.592. The molecular weight excluding hydrogens is 748 g/mol. The Bertz CT molecular complexity index is 1990. The number of nitrogens with zero attached hydrogens (tertiary/aromatic N) is 2. The van der Waals surface area contributed by atoms with Gasteiger partial charge in [0.25, 0.3) is 0 Å². The van der Waals surface area contributed by atoms with Gasteiger partial charge in [-0.1, -0.05) is 39.8 Å². The standard InChI is InChI=1S/C45H49ClN2O9/c1-30(2)28-40(31(3)4)45(52)55-25-7-6-24-54-38-17-10-34(11-18-38)43(50)56-39-19-12-35(13-20-39)44(51)57-41-21-16-37(29-32(41)5)48-47-36-14-8-33(9-15-36)22-26-53-27-23-42(46)49/h8-21,23,27,29-31,40H,6-7,22,24-26,28H2,1-5H3/b27-23+,48-47+. The number of hydrogen-bond acceptors (Lipinski definition) is 11. The van der Waals surface area contributed by atoms with Crippen molar-refractivity contribution in [3.8, 4) is 17.2 Å². The third-order valence-corrected chi connectivity index (χ3v) is 8.78. The molecule has 0 amide bonds. The number of aryl methyl sites for hydroxylation is 1. The quantitative estimate of drug-likeness (QED) is 0.0153. The molecule has 0 aliphatic heterocycles. The van der Waals surface area contributed by atoms with Crippen molar-refractivity contribution in [2.24, 2.45) is 28.0 Å². The molecule has 0 saturated carbocycles. The molecular formula is C45H49ClN2O9. The number of ether oxygens (including phenoxy) is 5. The molecule has 300 valence electrons. The third-order valence-electron chi connectivity index (χ3n) is 8.66. The molecule has 1 atom stereocenters. The highest BCUT2D eigenvalue weighted by Crippen LogP contribution is 2.27. The summed E-state index contributed by atoms with van der Waals surface area (Å²) in [5.41, 5.74) is 3.59. The number of rotatable bonds is 21. The molecule has 11 nitrogen and oxygen atoms in total. The number of unbranched alkanes of at least 4 members (excludes halogenated alkanes) is 1. The Morgan fingerprint density at radius 2 is 1.30 bits per heavy atom. The maximum absolute atomic E-state index is 12.9. The number of carbonyl (C=O) groups is 4. The van der Waals surface area contributed by atoms with Crippen molar-refractivity contribution >= 4 is 46.1 Å². The first kappa shape index (κ1) is 43.9. The number of halogens is 1. The fourth-order valence-electron chi connectivity index (χ4n) is 5.49. The van der Waals surface area contributed by atoms with Crippen molar-refractivity contribution in [1.29, 1.82) is 0 Å². The normalized spacial score (nSPS) is 11.9. The summed E-state index contributed by atoms with van der Waals surface area (Å²) in [4.78, 5) is 48.8. The van der Waals surface area contributed by atoms with Gasteiger partial charge in [-0.05, 0) is 140 Å². The van der Waals surface area contributed by atoms with Crippen LogP contribution in [0.1, 0.15) is 78.8 Å². The minimum absolute atomic E-state index is 0.0843. The van der Waals surface area contributed by atoms with Crippen LogP contribution in [-0.4, -0.2) is 43.0 Å². The molecule has 0 aliphatic rings. The van der Waals surface area contributed by atoms with Gasteiger partial charge in [0.05, 0.1) is 54.5 Å². The molecule has 0 fully saturated rings. The fraction of sp³-hybridized carbons (Fsp3) is 0.333. The van der Waals surface area contributed by atoms with Crippen molar-refractivity contribution in [2.75, 3.05) is 19.8 Å². The number of esters is 3. The Balaban J connectivity index is 1.18. The van der Waals surface area contributed by atoms with E-state index in [4.69, 9.17) is 35.3 Å². The molecule has 0 spiro atoms. The summed E-state index contributed by atoms with van der Waals surface area (Å²) in [7, 11) is 0. The smallest absolute Gasteiger partial charge is 0.343 e. The number of hydrogen-bond donors (Lipinski definition) is 0. The van der Waals surface area contributed by atoms with E-state index in [0.717, 1.165) is 18.1 Å². The van der Waals surface area contributed by atoms with Gasteiger partial charge in [0, 0.05) is 12.5 Å². The van der Waals surface area contributed by atoms with Crippen molar-refractivity contribution in [3.05, 3.63) is 126 Å². The zero-order valence-corrected chi connectivity index (χ0v) is 33.7. The lowest BCUT2D eigenvalue weighted by atomic mass is 9.88. The number of azo groups is 1. The van der Waals surface area contributed by atoms with Crippen LogP contribution in [0.4, 0.5) is 11.4 Å². The second kappa shape index (κ2) is 22.7. The highest BCUT2D eigenvalue weighted by atomic mass is 35.5. The summed E-state index contributed by atoms with van der Waals surface area (Å²) in [6.07, 6.45) is 5.29. The molecule has 4 aromatic carbocycles. The van der Waals surface area contributed by atoms with Crippen LogP contribution in [0.15, 0.2) is 114 Å². The summed E-state index contributed by atoms with van der Waals surface area (Å²) in [5, 5.41) is 7.98. The summed E-state index contributed by atoms with van der Waals surface area (Å²) in [6.45, 7) is 11.3. The van der Waals surface area contributed by atoms with Crippen LogP contribution in [0.25, 0.3) is 0 Å². The average Bonchev–Trinajstić information content (AvgIpc) is 3.18. The Morgan fingerprint density at radius 3 is 1.91 bits per heavy atom. The average molecular weight is 797 g/mol. The first-order valence-corrected chi connectivity index (χ1v) is 19.3. The number of allylic oxidation sites excluding steroid dienone is 1. The van der Waals surface area contributed by atoms with Gasteiger partial charge in [-0.2, -0.15) is 10.2 Å². The van der Waals surface area contributed by atoms with Gasteiger partial charge in [0.1, 0.15) is 17.2 Å². The summed E-state index contributed by atoms with van der Waals surface area (Å²) >= 11 is 5.22. The second-order valence-corrected chi connectivity index (χ2v) is 14.4. The van der Waals surface area contributed by atoms with Crippen LogP contribution < -0.4 is 14.2 Å². The number of carbonyl (C=O) groups excluding carboxylic acids is 4. The van der Waals surface area contributed by atoms with Crippen LogP contribution in [0.2, 0.25) is 0 Å². The summed E-state index contributed by atoms with van der Waals surface area (Å²) in [5.74, 6) is 0.580. The van der Waals surface area contributed by atoms with Gasteiger partial charge < -0.3 is 23.7 Å². The topological polar surface area (TPSA) is 139 Å². The Labute approximate surface area is 339 Å². The summed E-state index contributed by atoms with van der Waals surface area (Å²) in [6, 6.07) is 25.3. The van der Waals surface area contributed by atoms with Crippen LogP contribution in [-0.2, 0) is 25.5 Å². The van der Waals surface area contributed by atoms with Gasteiger partial charge in [-0.3, -0.25) is 9.59 Å². The molecule has 0 bridgehead atoms. The van der Waals surface area contributed by atoms with Crippen LogP contribution in [0, 0.1) is 24.7 Å². The first-order chi connectivity index (χ1) is 27.4. The van der Waals surface area contributed by atoms with Crippen molar-refractivity contribution in [3.63, 3.8) is 0 Å². The lowest BCUT2D eigenvalue weighted by molar-refractivity contribution is -0.151. The van der Waals surface area contributed by atoms with Crippen LogP contribution in [0.5, 0.6) is 17.2 Å². The molecule has 0 aromatic heterocycles. The van der Waals surface area contributed by atoms with E-state index < -0.39 is 17.2 Å². The third kappa shape index (κ3) is 15.3. The first-order valence-electron chi connectivity index (χ1n) is 18.9. The lowest BCUT2D eigenvalue weighted by Crippen LogP contribution is -2.24. The van der Waals surface area contributed by atoms with Crippen LogP contribution in [0.3, 0.4) is 0 Å². The fourth-order valence-corrected chi connectivity index (χ4v) is 5.55. The molecule has 4 rings (SSSR count). The zero-order valence-electron chi connectivity index (χ0n) is 32.9. The van der Waals surface area contributed by atoms with E-state index in [2.05, 4.69) is 24.1 Å². The van der Waals surface area contributed by atoms with Gasteiger partial charge in [-0.25, -0.2) is 9.59 Å². The maximum atomic E-state index is 12.9. The highest BCUT2D eigenvalue weighted by Gasteiger charge is 2.24. The van der Waals surface area contributed by atoms with E-state index in [9.17, 15) is 19.2 Å². The van der Waals surface area contributed by atoms with E-state index in [-0.39, 0.29) is 29.1 Å². The SMILES string of the molecule is Cc1cc(/N=N/c2ccc(CCO/C=C/C(=O)Cl)cc2)ccc1OC(=O)c1ccc(OC(=O)c2ccc(OCCCCOC(=O)C(CC(C)C)C(C)C)cc2)cc1. The highest BCUT2D eigenvalue weighted by molar-refractivity contribution is 6.66. The lowest BCUT2D eigenvalue weighted by Gasteiger charge is -2.21. The minimum Gasteiger partial charge on any atom is -0.501 e. The van der Waals surface area contributed by atoms with Crippen molar-refractivity contribution in [1.82, 2.24) is 0 Å². The molecule has 0 aliphatic carbocycles.